The third-order valence-corrected chi connectivity index (χ3v) is 9.27. The minimum absolute atomic E-state index is 0.000543. The number of piperidine rings is 2. The Morgan fingerprint density at radius 1 is 1.22 bits per heavy atom. The van der Waals surface area contributed by atoms with Gasteiger partial charge in [0.1, 0.15) is 5.76 Å². The maximum Gasteiger partial charge on any atom is 0.273 e. The molecule has 2 saturated heterocycles. The molecule has 2 atom stereocenters. The van der Waals surface area contributed by atoms with E-state index in [-0.39, 0.29) is 18.0 Å². The largest absolute Gasteiger partial charge is 0.360 e. The van der Waals surface area contributed by atoms with Crippen LogP contribution >= 0.6 is 10.8 Å². The molecule has 0 bridgehead atoms. The van der Waals surface area contributed by atoms with E-state index >= 15 is 0 Å². The monoisotopic (exact) mass is 468 g/mol. The lowest BCUT2D eigenvalue weighted by molar-refractivity contribution is 0.0902. The van der Waals surface area contributed by atoms with Gasteiger partial charge in [0.2, 0.25) is 0 Å². The topological polar surface area (TPSA) is 102 Å². The molecule has 0 unspecified atom stereocenters. The molecule has 8 nitrogen and oxygen atoms in total. The normalized spacial score (nSPS) is 27.1. The maximum atomic E-state index is 12.6. The molecular weight excluding hydrogens is 428 g/mol. The highest BCUT2D eigenvalue weighted by atomic mass is 32.3. The van der Waals surface area contributed by atoms with E-state index in [4.69, 9.17) is 4.52 Å². The molecule has 2 aliphatic heterocycles. The lowest BCUT2D eigenvalue weighted by Crippen LogP contribution is -2.50. The Kier molecular flexibility index (Phi) is 7.51. The number of nitrogens with one attached hydrogen (secondary N) is 1. The first-order chi connectivity index (χ1) is 15.2. The predicted molar refractivity (Wildman–Crippen MR) is 127 cm³/mol. The van der Waals surface area contributed by atoms with Crippen molar-refractivity contribution in [1.29, 1.82) is 0 Å². The van der Waals surface area contributed by atoms with Crippen LogP contribution in [0.5, 0.6) is 0 Å². The molecule has 4 rings (SSSR count). The zero-order chi connectivity index (χ0) is 22.9. The fourth-order valence-electron chi connectivity index (χ4n) is 5.20. The van der Waals surface area contributed by atoms with Gasteiger partial charge in [-0.05, 0) is 70.4 Å². The molecule has 3 fully saturated rings. The fraction of sp³-hybridized carbons (Fsp3) is 0.826. The molecule has 1 aromatic heterocycles. The Labute approximate surface area is 193 Å². The van der Waals surface area contributed by atoms with E-state index in [1.165, 1.54) is 0 Å². The molecule has 3 aliphatic rings. The predicted octanol–water partition coefficient (Wildman–Crippen LogP) is 4.17. The summed E-state index contributed by atoms with van der Waals surface area (Å²) >= 11 is 0. The summed E-state index contributed by atoms with van der Waals surface area (Å²) in [7, 11) is -2.80. The SMILES string of the molecule is CC(C)CN1CCC(CS(O)(O)N2CC[C@@H](NC(=O)c3cc(C4CC4)on3)C[C@H]2C)CC1. The average Bonchev–Trinajstić information content (AvgIpc) is 3.45. The number of rotatable bonds is 8. The number of carbonyl (C=O) groups excluding carboxylic acids is 1. The van der Waals surface area contributed by atoms with Gasteiger partial charge in [-0.2, -0.15) is 0 Å². The second-order valence-electron chi connectivity index (χ2n) is 10.5. The van der Waals surface area contributed by atoms with Crippen molar-refractivity contribution in [2.45, 2.75) is 77.3 Å². The van der Waals surface area contributed by atoms with Crippen molar-refractivity contribution in [3.63, 3.8) is 0 Å². The highest BCUT2D eigenvalue weighted by Gasteiger charge is 2.37. The van der Waals surface area contributed by atoms with Gasteiger partial charge in [-0.1, -0.05) is 19.0 Å². The van der Waals surface area contributed by atoms with Crippen LogP contribution in [0.1, 0.15) is 81.5 Å². The Hall–Kier alpha value is -1.13. The number of amides is 1. The molecule has 0 radical (unpaired) electrons. The molecule has 1 aromatic rings. The van der Waals surface area contributed by atoms with Gasteiger partial charge in [0, 0.05) is 37.2 Å². The van der Waals surface area contributed by atoms with Gasteiger partial charge in [0.15, 0.2) is 5.69 Å². The van der Waals surface area contributed by atoms with E-state index in [2.05, 4.69) is 29.2 Å². The second kappa shape index (κ2) is 10.0. The summed E-state index contributed by atoms with van der Waals surface area (Å²) in [6.07, 6.45) is 5.67. The third-order valence-electron chi connectivity index (χ3n) is 7.06. The van der Waals surface area contributed by atoms with Gasteiger partial charge >= 0.3 is 0 Å². The summed E-state index contributed by atoms with van der Waals surface area (Å²) in [6, 6.07) is 1.76. The van der Waals surface area contributed by atoms with Crippen molar-refractivity contribution in [2.24, 2.45) is 11.8 Å². The summed E-state index contributed by atoms with van der Waals surface area (Å²) in [4.78, 5) is 15.1. The van der Waals surface area contributed by atoms with Crippen LogP contribution in [0.3, 0.4) is 0 Å². The zero-order valence-corrected chi connectivity index (χ0v) is 20.5. The van der Waals surface area contributed by atoms with E-state index in [1.807, 2.05) is 11.2 Å². The summed E-state index contributed by atoms with van der Waals surface area (Å²) in [5.74, 6) is 2.53. The second-order valence-corrected chi connectivity index (χ2v) is 12.6. The van der Waals surface area contributed by atoms with Crippen LogP contribution in [-0.2, 0) is 0 Å². The molecule has 182 valence electrons. The maximum absolute atomic E-state index is 12.6. The van der Waals surface area contributed by atoms with Crippen molar-refractivity contribution >= 4 is 16.7 Å². The highest BCUT2D eigenvalue weighted by Crippen LogP contribution is 2.49. The smallest absolute Gasteiger partial charge is 0.273 e. The molecule has 9 heteroatoms. The summed E-state index contributed by atoms with van der Waals surface area (Å²) in [5.41, 5.74) is 0.343. The lowest BCUT2D eigenvalue weighted by Gasteiger charge is -2.51. The van der Waals surface area contributed by atoms with Crippen molar-refractivity contribution < 1.29 is 18.4 Å². The van der Waals surface area contributed by atoms with Gasteiger partial charge in [-0.15, -0.1) is 10.8 Å². The van der Waals surface area contributed by atoms with Crippen LogP contribution in [0.15, 0.2) is 10.6 Å². The van der Waals surface area contributed by atoms with Crippen molar-refractivity contribution in [1.82, 2.24) is 19.7 Å². The van der Waals surface area contributed by atoms with Gasteiger partial charge < -0.3 is 14.7 Å². The van der Waals surface area contributed by atoms with Gasteiger partial charge in [0.25, 0.3) is 5.91 Å². The van der Waals surface area contributed by atoms with Gasteiger partial charge in [0.05, 0.1) is 5.75 Å². The molecule has 0 aromatic carbocycles. The van der Waals surface area contributed by atoms with Gasteiger partial charge in [-0.3, -0.25) is 13.9 Å². The quantitative estimate of drug-likeness (QED) is 0.526. The molecule has 32 heavy (non-hydrogen) atoms. The molecule has 3 N–H and O–H groups in total. The molecule has 0 spiro atoms. The molecule has 1 aliphatic carbocycles. The standard InChI is InChI=1S/C23H40N4O4S/c1-16(2)14-26-9-6-18(7-10-26)15-32(29,30)27-11-8-20(12-17(27)3)24-23(28)21-13-22(31-25-21)19-4-5-19/h13,16-20,29-30H,4-12,14-15H2,1-3H3,(H,24,28)/t17-,20-/m1/s1. The molecule has 1 saturated carbocycles. The fourth-order valence-corrected chi connectivity index (χ4v) is 7.41. The van der Waals surface area contributed by atoms with Crippen LogP contribution < -0.4 is 5.32 Å². The molecule has 1 amide bonds. The molecule has 3 heterocycles. The first-order valence-electron chi connectivity index (χ1n) is 12.2. The number of hydrogen-bond acceptors (Lipinski definition) is 7. The summed E-state index contributed by atoms with van der Waals surface area (Å²) < 4.78 is 29.2. The van der Waals surface area contributed by atoms with Gasteiger partial charge in [-0.25, -0.2) is 4.31 Å². The number of carbonyl (C=O) groups is 1. The number of nitrogens with zero attached hydrogens (tertiary/aromatic N) is 3. The van der Waals surface area contributed by atoms with Crippen molar-refractivity contribution in [2.75, 3.05) is 31.9 Å². The average molecular weight is 469 g/mol. The summed E-state index contributed by atoms with van der Waals surface area (Å²) in [6.45, 7) is 10.3. The lowest BCUT2D eigenvalue weighted by atomic mass is 9.98. The van der Waals surface area contributed by atoms with Crippen LogP contribution in [-0.4, -0.2) is 73.4 Å². The minimum atomic E-state index is -2.80. The van der Waals surface area contributed by atoms with E-state index in [0.29, 0.717) is 48.6 Å². The Balaban J connectivity index is 1.24. The Morgan fingerprint density at radius 2 is 1.94 bits per heavy atom. The van der Waals surface area contributed by atoms with E-state index < -0.39 is 10.8 Å². The summed E-state index contributed by atoms with van der Waals surface area (Å²) in [5, 5.41) is 6.99. The third kappa shape index (κ3) is 6.05. The van der Waals surface area contributed by atoms with E-state index in [9.17, 15) is 13.9 Å². The van der Waals surface area contributed by atoms with Crippen LogP contribution in [0.2, 0.25) is 0 Å². The number of hydrogen-bond donors (Lipinski definition) is 3. The van der Waals surface area contributed by atoms with Crippen LogP contribution in [0.25, 0.3) is 0 Å². The minimum Gasteiger partial charge on any atom is -0.360 e. The number of likely N-dealkylation sites (tertiary alicyclic amines) is 1. The van der Waals surface area contributed by atoms with Crippen LogP contribution in [0.4, 0.5) is 0 Å². The van der Waals surface area contributed by atoms with Crippen molar-refractivity contribution in [3.05, 3.63) is 17.5 Å². The zero-order valence-electron chi connectivity index (χ0n) is 19.7. The number of aromatic nitrogens is 1. The van der Waals surface area contributed by atoms with Crippen molar-refractivity contribution in [3.8, 4) is 0 Å². The van der Waals surface area contributed by atoms with Crippen LogP contribution in [0, 0.1) is 11.8 Å². The first-order valence-corrected chi connectivity index (χ1v) is 13.9. The first kappa shape index (κ1) is 24.0. The van der Waals surface area contributed by atoms with E-state index in [1.54, 1.807) is 6.07 Å². The molecular formula is C23H40N4O4S. The highest BCUT2D eigenvalue weighted by molar-refractivity contribution is 8.22. The Morgan fingerprint density at radius 3 is 2.56 bits per heavy atom. The van der Waals surface area contributed by atoms with E-state index in [0.717, 1.165) is 51.1 Å². The Bertz CT molecular complexity index is 774.